The van der Waals surface area contributed by atoms with Gasteiger partial charge in [-0.25, -0.2) is 39.5 Å². The smallest absolute Gasteiger partial charge is 0.163 e. The van der Waals surface area contributed by atoms with Gasteiger partial charge in [-0.05, 0) is 209 Å². The SMILES string of the molecule is C.C.CC(C)[C@@H]1c2cccc(F)c2SCc2cccc(F)c21.CC(C)[C@@H]1c2ccccc2SCc2c(F)cccc21.CC(C)[C@@H]1c2ccccc2SCc2c1ccc(F)c2F.CC(C)[C@@H]1c2ccccc2SCc2cccc(F)c21.CC(C)[C@H]1c2cc(F)c(F)cc2CSc2ccccc21.CC(C)[C@H]1c2ccc(F)cc2CSc2ccccc21. The van der Waals surface area contributed by atoms with E-state index >= 15 is 0 Å². The van der Waals surface area contributed by atoms with Crippen LogP contribution in [-0.2, 0) is 34.5 Å². The standard InChI is InChI=1S/3C17H16F2S.3C17H17FS.2CH4/c1-10(2)15-12-6-4-8-14(19)17(12)20-9-11-5-3-7-13(18)16(11)15;1-10(2)17-12-5-3-4-6-16(12)20-9-11-7-14(18)15(19)8-13(11)17;1-10(2)16-11-7-8-14(18)17(19)13(11)9-20-15-6-4-3-5-12(15)16;1-11(2)16-13-7-3-4-9-15(13)19-10-12-6-5-8-14(18)17(12)16;1-11(2)17-12-7-5-8-15(18)14(12)10-19-16-9-4-3-6-13(16)17;1-11(2)17-14-8-7-13(18)9-12(14)10-19-16-6-4-3-5-15(16)17;;/h3-8,10,15H,9H2,1-2H3;3-8,10,17H,9H2,1-2H3;3-8,10,16H,9H2,1-2H3;3-9,11,16H,10H2,1-2H3;2*3-9,11,17H,10H2,1-2H3;2*1H4/t15-;17-;2*16-;2*17-;;/m110100../s1. The second-order valence-electron chi connectivity index (χ2n) is 32.6. The molecule has 622 valence electrons. The van der Waals surface area contributed by atoms with E-state index < -0.39 is 23.3 Å². The molecular weight excluding hydrogens is 1610 g/mol. The summed E-state index contributed by atoms with van der Waals surface area (Å²) in [4.78, 5) is 6.96. The molecule has 0 amide bonds. The number of benzene rings is 12. The van der Waals surface area contributed by atoms with Gasteiger partial charge in [-0.1, -0.05) is 250 Å². The van der Waals surface area contributed by atoms with Gasteiger partial charge in [0.15, 0.2) is 23.3 Å². The Morgan fingerprint density at radius 3 is 1.01 bits per heavy atom. The Balaban J connectivity index is 0.000000139. The van der Waals surface area contributed by atoms with Gasteiger partial charge in [-0.3, -0.25) is 0 Å². The summed E-state index contributed by atoms with van der Waals surface area (Å²) in [7, 11) is 0. The third-order valence-electron chi connectivity index (χ3n) is 22.8. The number of thioether (sulfide) groups is 6. The summed E-state index contributed by atoms with van der Waals surface area (Å²) in [6, 6.07) is 74.2. The van der Waals surface area contributed by atoms with Crippen LogP contribution < -0.4 is 0 Å². The van der Waals surface area contributed by atoms with Crippen molar-refractivity contribution in [1.29, 1.82) is 0 Å². The number of hydrogen-bond donors (Lipinski definition) is 0. The van der Waals surface area contributed by atoms with Crippen molar-refractivity contribution in [3.8, 4) is 0 Å². The molecule has 0 spiro atoms. The van der Waals surface area contributed by atoms with Crippen LogP contribution in [-0.4, -0.2) is 0 Å². The van der Waals surface area contributed by atoms with Crippen molar-refractivity contribution in [3.05, 3.63) is 389 Å². The molecule has 0 N–H and O–H groups in total. The highest BCUT2D eigenvalue weighted by molar-refractivity contribution is 7.99. The summed E-state index contributed by atoms with van der Waals surface area (Å²) in [6.07, 6.45) is 0. The molecule has 0 bridgehead atoms. The fraction of sp³-hybridized carbons (Fsp3) is 0.308. The van der Waals surface area contributed by atoms with Gasteiger partial charge in [-0.2, -0.15) is 0 Å². The predicted molar refractivity (Wildman–Crippen MR) is 488 cm³/mol. The maximum atomic E-state index is 14.4. The van der Waals surface area contributed by atoms with Crippen molar-refractivity contribution in [1.82, 2.24) is 0 Å². The van der Waals surface area contributed by atoms with Gasteiger partial charge in [0.25, 0.3) is 0 Å². The van der Waals surface area contributed by atoms with Gasteiger partial charge in [0, 0.05) is 111 Å². The van der Waals surface area contributed by atoms with Crippen LogP contribution in [0.5, 0.6) is 0 Å². The summed E-state index contributed by atoms with van der Waals surface area (Å²) in [5.74, 6) is 3.81. The summed E-state index contributed by atoms with van der Waals surface area (Å²) >= 11 is 10.1. The molecule has 0 saturated heterocycles. The molecule has 6 aliphatic heterocycles. The number of fused-ring (bicyclic) bond motifs is 12. The van der Waals surface area contributed by atoms with Crippen LogP contribution in [0.3, 0.4) is 0 Å². The molecule has 0 fully saturated rings. The molecule has 15 heteroatoms. The second kappa shape index (κ2) is 41.3. The lowest BCUT2D eigenvalue weighted by Crippen LogP contribution is -2.12. The molecule has 12 aromatic carbocycles. The summed E-state index contributed by atoms with van der Waals surface area (Å²) in [5, 5.41) is 0. The zero-order chi connectivity index (χ0) is 83.0. The highest BCUT2D eigenvalue weighted by Crippen LogP contribution is 2.52. The molecule has 6 atom stereocenters. The molecule has 6 heterocycles. The third kappa shape index (κ3) is 20.4. The highest BCUT2D eigenvalue weighted by atomic mass is 32.2. The molecule has 0 radical (unpaired) electrons. The molecule has 0 nitrogen and oxygen atoms in total. The lowest BCUT2D eigenvalue weighted by molar-refractivity contribution is 0.492. The minimum absolute atomic E-state index is 0. The van der Waals surface area contributed by atoms with Gasteiger partial charge >= 0.3 is 0 Å². The zero-order valence-electron chi connectivity index (χ0n) is 68.0. The lowest BCUT2D eigenvalue weighted by Gasteiger charge is -2.24. The van der Waals surface area contributed by atoms with Gasteiger partial charge in [0.1, 0.15) is 29.1 Å². The van der Waals surface area contributed by atoms with Crippen LogP contribution in [0, 0.1) is 87.9 Å². The van der Waals surface area contributed by atoms with Crippen LogP contribution in [0.2, 0.25) is 0 Å². The van der Waals surface area contributed by atoms with Crippen molar-refractivity contribution in [3.63, 3.8) is 0 Å². The Morgan fingerprint density at radius 1 is 0.227 bits per heavy atom. The van der Waals surface area contributed by atoms with E-state index in [4.69, 9.17) is 0 Å². The second-order valence-corrected chi connectivity index (χ2v) is 38.7. The van der Waals surface area contributed by atoms with E-state index in [9.17, 15) is 39.5 Å². The van der Waals surface area contributed by atoms with Gasteiger partial charge in [0.05, 0.1) is 0 Å². The first kappa shape index (κ1) is 91.8. The monoisotopic (exact) mass is 1720 g/mol. The number of halogens is 9. The zero-order valence-corrected chi connectivity index (χ0v) is 72.9. The van der Waals surface area contributed by atoms with Crippen LogP contribution in [0.4, 0.5) is 39.5 Å². The fourth-order valence-corrected chi connectivity index (χ4v) is 24.3. The largest absolute Gasteiger partial charge is 0.207 e. The Hall–Kier alpha value is -7.89. The first-order chi connectivity index (χ1) is 56.3. The van der Waals surface area contributed by atoms with Crippen molar-refractivity contribution >= 4 is 70.6 Å². The van der Waals surface area contributed by atoms with Crippen molar-refractivity contribution in [2.45, 2.75) is 197 Å². The minimum atomic E-state index is -0.752. The predicted octanol–water partition coefficient (Wildman–Crippen LogP) is 33.0. The molecule has 6 aliphatic rings. The summed E-state index contributed by atoms with van der Waals surface area (Å²) in [6.45, 7) is 25.9. The molecule has 12 aromatic rings. The molecular formula is C104H107F9S6. The topological polar surface area (TPSA) is 0 Å². The van der Waals surface area contributed by atoms with Gasteiger partial charge in [0.2, 0.25) is 0 Å². The Labute approximate surface area is 726 Å². The summed E-state index contributed by atoms with van der Waals surface area (Å²) in [5.41, 5.74) is 18.8. The maximum absolute atomic E-state index is 14.4. The number of hydrogen-bond acceptors (Lipinski definition) is 6. The van der Waals surface area contributed by atoms with Crippen LogP contribution in [0.15, 0.2) is 266 Å². The van der Waals surface area contributed by atoms with Crippen molar-refractivity contribution in [2.75, 3.05) is 0 Å². The molecule has 119 heavy (non-hydrogen) atoms. The van der Waals surface area contributed by atoms with E-state index in [1.54, 1.807) is 77.8 Å². The Kier molecular flexibility index (Phi) is 31.9. The van der Waals surface area contributed by atoms with E-state index in [-0.39, 0.29) is 79.4 Å². The van der Waals surface area contributed by atoms with E-state index in [0.717, 1.165) is 78.5 Å². The summed E-state index contributed by atoms with van der Waals surface area (Å²) < 4.78 is 125. The average molecular weight is 1720 g/mol. The molecule has 0 unspecified atom stereocenters. The van der Waals surface area contributed by atoms with E-state index in [1.165, 1.54) is 100.0 Å². The van der Waals surface area contributed by atoms with E-state index in [1.807, 2.05) is 78.1 Å². The maximum Gasteiger partial charge on any atom is 0.163 e. The number of rotatable bonds is 6. The normalized spacial score (nSPS) is 17.4. The highest BCUT2D eigenvalue weighted by Gasteiger charge is 2.36. The minimum Gasteiger partial charge on any atom is -0.207 e. The first-order valence-corrected chi connectivity index (χ1v) is 46.3. The van der Waals surface area contributed by atoms with Crippen molar-refractivity contribution < 1.29 is 39.5 Å². The molecule has 0 aromatic heterocycles. The van der Waals surface area contributed by atoms with Gasteiger partial charge in [-0.15, -0.1) is 70.6 Å². The average Bonchev–Trinajstić information content (AvgIpc) is 1.40. The quantitative estimate of drug-likeness (QED) is 0.151. The molecule has 0 aliphatic carbocycles. The molecule has 0 saturated carbocycles. The van der Waals surface area contributed by atoms with E-state index in [2.05, 4.69) is 192 Å². The third-order valence-corrected chi connectivity index (χ3v) is 29.6. The Morgan fingerprint density at radius 2 is 0.546 bits per heavy atom. The van der Waals surface area contributed by atoms with Crippen molar-refractivity contribution in [2.24, 2.45) is 35.5 Å². The fourth-order valence-electron chi connectivity index (χ4n) is 17.6. The first-order valence-electron chi connectivity index (χ1n) is 40.3. The van der Waals surface area contributed by atoms with Crippen LogP contribution in [0.1, 0.15) is 234 Å². The van der Waals surface area contributed by atoms with E-state index in [0.29, 0.717) is 63.2 Å². The van der Waals surface area contributed by atoms with Gasteiger partial charge < -0.3 is 0 Å². The van der Waals surface area contributed by atoms with Crippen LogP contribution >= 0.6 is 70.6 Å². The molecule has 18 rings (SSSR count). The Bertz CT molecular complexity index is 5480. The van der Waals surface area contributed by atoms with Crippen LogP contribution in [0.25, 0.3) is 0 Å². The lowest BCUT2D eigenvalue weighted by atomic mass is 9.80.